The van der Waals surface area contributed by atoms with Crippen LogP contribution in [0.3, 0.4) is 0 Å². The zero-order valence-corrected chi connectivity index (χ0v) is 8.61. The maximum Gasteiger partial charge on any atom is 0.324 e. The van der Waals surface area contributed by atoms with E-state index in [-0.39, 0.29) is 37.0 Å². The van der Waals surface area contributed by atoms with Gasteiger partial charge in [-0.25, -0.2) is 4.79 Å². The van der Waals surface area contributed by atoms with Crippen LogP contribution in [0.15, 0.2) is 0 Å². The van der Waals surface area contributed by atoms with Crippen molar-refractivity contribution in [3.63, 3.8) is 0 Å². The van der Waals surface area contributed by atoms with Crippen molar-refractivity contribution in [2.45, 2.75) is 31.7 Å². The van der Waals surface area contributed by atoms with Crippen LogP contribution in [-0.4, -0.2) is 41.1 Å². The highest BCUT2D eigenvalue weighted by Gasteiger charge is 2.39. The van der Waals surface area contributed by atoms with Gasteiger partial charge in [0.1, 0.15) is 0 Å². The van der Waals surface area contributed by atoms with E-state index < -0.39 is 0 Å². The lowest BCUT2D eigenvalue weighted by Gasteiger charge is -2.35. The first-order valence-electron chi connectivity index (χ1n) is 5.45. The van der Waals surface area contributed by atoms with Crippen molar-refractivity contribution in [3.05, 3.63) is 0 Å². The molecule has 2 fully saturated rings. The molecule has 2 unspecified atom stereocenters. The fraction of sp³-hybridized carbons (Fsp3) is 0.800. The number of nitrogens with one attached hydrogen (secondary N) is 1. The van der Waals surface area contributed by atoms with E-state index in [0.717, 1.165) is 25.7 Å². The molecule has 2 rings (SSSR count). The van der Waals surface area contributed by atoms with Crippen LogP contribution >= 0.6 is 0 Å². The summed E-state index contributed by atoms with van der Waals surface area (Å²) < 4.78 is 0. The molecule has 0 spiro atoms. The van der Waals surface area contributed by atoms with Gasteiger partial charge in [0.15, 0.2) is 0 Å². The quantitative estimate of drug-likeness (QED) is 0.637. The van der Waals surface area contributed by atoms with E-state index in [2.05, 4.69) is 5.32 Å². The molecule has 5 nitrogen and oxygen atoms in total. The normalized spacial score (nSPS) is 31.9. The average Bonchev–Trinajstić information content (AvgIpc) is 2.59. The molecule has 1 heterocycles. The van der Waals surface area contributed by atoms with Crippen LogP contribution in [0.1, 0.15) is 25.7 Å². The van der Waals surface area contributed by atoms with Crippen molar-refractivity contribution in [2.24, 2.45) is 5.92 Å². The van der Waals surface area contributed by atoms with Crippen molar-refractivity contribution in [1.29, 1.82) is 0 Å². The van der Waals surface area contributed by atoms with Gasteiger partial charge >= 0.3 is 6.03 Å². The van der Waals surface area contributed by atoms with Crippen molar-refractivity contribution in [3.8, 4) is 0 Å². The van der Waals surface area contributed by atoms with Gasteiger partial charge in [-0.2, -0.15) is 0 Å². The number of nitrogens with zero attached hydrogens (tertiary/aromatic N) is 1. The summed E-state index contributed by atoms with van der Waals surface area (Å²) in [4.78, 5) is 24.3. The van der Waals surface area contributed by atoms with Crippen LogP contribution in [0, 0.1) is 5.92 Å². The van der Waals surface area contributed by atoms with Gasteiger partial charge in [-0.05, 0) is 12.8 Å². The third-order valence-corrected chi connectivity index (χ3v) is 3.31. The number of carbonyl (C=O) groups is 2. The highest BCUT2D eigenvalue weighted by atomic mass is 16.3. The number of urea groups is 1. The maximum atomic E-state index is 11.5. The highest BCUT2D eigenvalue weighted by Crippen LogP contribution is 2.29. The Morgan fingerprint density at radius 3 is 2.67 bits per heavy atom. The van der Waals surface area contributed by atoms with Gasteiger partial charge in [0.2, 0.25) is 5.91 Å². The minimum atomic E-state index is -0.301. The smallest absolute Gasteiger partial charge is 0.324 e. The van der Waals surface area contributed by atoms with Crippen molar-refractivity contribution >= 4 is 11.9 Å². The molecular formula is C10H16N2O3. The van der Waals surface area contributed by atoms with E-state index in [9.17, 15) is 14.7 Å². The summed E-state index contributed by atoms with van der Waals surface area (Å²) in [5.41, 5.74) is 0. The number of hydrogen-bond donors (Lipinski definition) is 2. The van der Waals surface area contributed by atoms with Crippen LogP contribution in [-0.2, 0) is 4.79 Å². The SMILES string of the molecule is O=C1CNC(=O)N1C1CCCCC1CO. The van der Waals surface area contributed by atoms with E-state index in [0.29, 0.717) is 0 Å². The van der Waals surface area contributed by atoms with Crippen LogP contribution < -0.4 is 5.32 Å². The van der Waals surface area contributed by atoms with Gasteiger partial charge in [0.05, 0.1) is 6.54 Å². The molecule has 3 amide bonds. The molecule has 0 aromatic heterocycles. The van der Waals surface area contributed by atoms with E-state index in [1.54, 1.807) is 0 Å². The number of hydrogen-bond acceptors (Lipinski definition) is 3. The summed E-state index contributed by atoms with van der Waals surface area (Å²) in [7, 11) is 0. The molecule has 0 aromatic rings. The third kappa shape index (κ3) is 1.84. The minimum absolute atomic E-state index is 0.0573. The number of aliphatic hydroxyl groups is 1. The Kier molecular flexibility index (Phi) is 2.90. The fourth-order valence-corrected chi connectivity index (χ4v) is 2.51. The molecule has 84 valence electrons. The zero-order valence-electron chi connectivity index (χ0n) is 8.61. The summed E-state index contributed by atoms with van der Waals surface area (Å²) in [5.74, 6) is -0.100. The van der Waals surface area contributed by atoms with E-state index in [1.807, 2.05) is 0 Å². The van der Waals surface area contributed by atoms with E-state index in [4.69, 9.17) is 0 Å². The molecular weight excluding hydrogens is 196 g/mol. The van der Waals surface area contributed by atoms with Gasteiger partial charge < -0.3 is 10.4 Å². The van der Waals surface area contributed by atoms with Crippen molar-refractivity contribution in [2.75, 3.05) is 13.2 Å². The number of rotatable bonds is 2. The van der Waals surface area contributed by atoms with E-state index >= 15 is 0 Å². The molecule has 2 aliphatic rings. The summed E-state index contributed by atoms with van der Waals surface area (Å²) in [5, 5.41) is 11.7. The molecule has 0 bridgehead atoms. The van der Waals surface area contributed by atoms with Gasteiger partial charge in [0.25, 0.3) is 0 Å². The Balaban J connectivity index is 2.12. The van der Waals surface area contributed by atoms with E-state index in [1.165, 1.54) is 4.90 Å². The Labute approximate surface area is 88.4 Å². The second kappa shape index (κ2) is 4.18. The first-order chi connectivity index (χ1) is 7.24. The molecule has 1 saturated heterocycles. The second-order valence-electron chi connectivity index (χ2n) is 4.22. The van der Waals surface area contributed by atoms with Gasteiger partial charge in [-0.1, -0.05) is 12.8 Å². The predicted octanol–water partition coefficient (Wildman–Crippen LogP) is 0.0893. The number of amides is 3. The van der Waals surface area contributed by atoms with Gasteiger partial charge in [-0.15, -0.1) is 0 Å². The molecule has 1 aliphatic carbocycles. The Morgan fingerprint density at radius 2 is 2.07 bits per heavy atom. The molecule has 0 radical (unpaired) electrons. The van der Waals surface area contributed by atoms with Crippen molar-refractivity contribution < 1.29 is 14.7 Å². The standard InChI is InChI=1S/C10H16N2O3/c13-6-7-3-1-2-4-8(7)12-9(14)5-11-10(12)15/h7-8,13H,1-6H2,(H,11,15). The Hall–Kier alpha value is -1.10. The molecule has 2 N–H and O–H groups in total. The maximum absolute atomic E-state index is 11.5. The third-order valence-electron chi connectivity index (χ3n) is 3.31. The fourth-order valence-electron chi connectivity index (χ4n) is 2.51. The van der Waals surface area contributed by atoms with Crippen LogP contribution in [0.25, 0.3) is 0 Å². The second-order valence-corrected chi connectivity index (χ2v) is 4.22. The average molecular weight is 212 g/mol. The molecule has 0 aromatic carbocycles. The van der Waals surface area contributed by atoms with Crippen molar-refractivity contribution in [1.82, 2.24) is 10.2 Å². The topological polar surface area (TPSA) is 69.6 Å². The molecule has 1 aliphatic heterocycles. The minimum Gasteiger partial charge on any atom is -0.396 e. The van der Waals surface area contributed by atoms with Gasteiger partial charge in [0, 0.05) is 18.6 Å². The zero-order chi connectivity index (χ0) is 10.8. The Morgan fingerprint density at radius 1 is 1.33 bits per heavy atom. The first-order valence-corrected chi connectivity index (χ1v) is 5.45. The molecule has 5 heteroatoms. The molecule has 1 saturated carbocycles. The van der Waals surface area contributed by atoms with Crippen LogP contribution in [0.2, 0.25) is 0 Å². The summed E-state index contributed by atoms with van der Waals surface area (Å²) >= 11 is 0. The highest BCUT2D eigenvalue weighted by molar-refractivity contribution is 6.02. The molecule has 2 atom stereocenters. The van der Waals surface area contributed by atoms with Crippen LogP contribution in [0.5, 0.6) is 0 Å². The summed E-state index contributed by atoms with van der Waals surface area (Å²) in [6.45, 7) is 0.162. The Bertz CT molecular complexity index is 264. The first kappa shape index (κ1) is 10.4. The lowest BCUT2D eigenvalue weighted by Crippen LogP contribution is -2.47. The van der Waals surface area contributed by atoms with Gasteiger partial charge in [-0.3, -0.25) is 9.69 Å². The lowest BCUT2D eigenvalue weighted by atomic mass is 9.84. The number of imide groups is 1. The summed E-state index contributed by atoms with van der Waals surface area (Å²) in [6, 6.07) is -0.399. The number of aliphatic hydroxyl groups excluding tert-OH is 1. The largest absolute Gasteiger partial charge is 0.396 e. The lowest BCUT2D eigenvalue weighted by molar-refractivity contribution is -0.128. The van der Waals surface area contributed by atoms with Crippen LogP contribution in [0.4, 0.5) is 4.79 Å². The number of carbonyl (C=O) groups excluding carboxylic acids is 2. The summed E-state index contributed by atoms with van der Waals surface area (Å²) in [6.07, 6.45) is 3.83. The monoisotopic (exact) mass is 212 g/mol. The predicted molar refractivity (Wildman–Crippen MR) is 53.1 cm³/mol. The molecule has 15 heavy (non-hydrogen) atoms.